The minimum Gasteiger partial charge on any atom is -0.356 e. The van der Waals surface area contributed by atoms with Crippen molar-refractivity contribution in [2.24, 2.45) is 0 Å². The zero-order valence-corrected chi connectivity index (χ0v) is 14.0. The van der Waals surface area contributed by atoms with Crippen LogP contribution in [0, 0.1) is 0 Å². The summed E-state index contributed by atoms with van der Waals surface area (Å²) in [6, 6.07) is 14.3. The molecule has 128 valence electrons. The molecule has 2 aromatic carbocycles. The third-order valence-electron chi connectivity index (χ3n) is 4.92. The number of anilines is 1. The number of urea groups is 1. The van der Waals surface area contributed by atoms with Gasteiger partial charge in [0.25, 0.3) is 0 Å². The Bertz CT molecular complexity index is 831. The van der Waals surface area contributed by atoms with Crippen molar-refractivity contribution in [3.63, 3.8) is 0 Å². The van der Waals surface area contributed by atoms with E-state index in [4.69, 9.17) is 0 Å². The standard InChI is InChI=1S/C20H21N3O2/c24-19-8-6-15(9-10-21-19)22-20(25)23-16-5-7-18-14(12-16)11-13-3-1-2-4-17(13)18/h1-5,7,12,15H,6,8-11H2,(H,21,24)(H2,22,23,25). The van der Waals surface area contributed by atoms with E-state index in [2.05, 4.69) is 46.3 Å². The SMILES string of the molecule is O=C1CCC(NC(=O)Nc2ccc3c(c2)Cc2ccccc2-3)CCN1. The van der Waals surface area contributed by atoms with Crippen LogP contribution in [0.4, 0.5) is 10.5 Å². The van der Waals surface area contributed by atoms with Crippen molar-refractivity contribution in [1.29, 1.82) is 0 Å². The normalized spacial score (nSPS) is 18.6. The maximum atomic E-state index is 12.3. The predicted octanol–water partition coefficient (Wildman–Crippen LogP) is 3.05. The van der Waals surface area contributed by atoms with Crippen LogP contribution >= 0.6 is 0 Å². The summed E-state index contributed by atoms with van der Waals surface area (Å²) in [4.78, 5) is 23.6. The van der Waals surface area contributed by atoms with Gasteiger partial charge in [0, 0.05) is 24.7 Å². The Morgan fingerprint density at radius 3 is 2.80 bits per heavy atom. The third-order valence-corrected chi connectivity index (χ3v) is 4.92. The molecule has 3 amide bonds. The van der Waals surface area contributed by atoms with E-state index < -0.39 is 0 Å². The van der Waals surface area contributed by atoms with Crippen LogP contribution in [0.1, 0.15) is 30.4 Å². The van der Waals surface area contributed by atoms with Gasteiger partial charge in [-0.15, -0.1) is 0 Å². The van der Waals surface area contributed by atoms with Crippen LogP contribution in [0.5, 0.6) is 0 Å². The molecule has 1 aliphatic heterocycles. The van der Waals surface area contributed by atoms with Gasteiger partial charge in [-0.2, -0.15) is 0 Å². The summed E-state index contributed by atoms with van der Waals surface area (Å²) in [5, 5.41) is 8.72. The zero-order chi connectivity index (χ0) is 17.2. The lowest BCUT2D eigenvalue weighted by Gasteiger charge is -2.16. The van der Waals surface area contributed by atoms with Crippen LogP contribution in [0.2, 0.25) is 0 Å². The van der Waals surface area contributed by atoms with E-state index in [1.807, 2.05) is 12.1 Å². The number of hydrogen-bond acceptors (Lipinski definition) is 2. The van der Waals surface area contributed by atoms with E-state index in [0.29, 0.717) is 19.4 Å². The molecule has 0 saturated carbocycles. The minimum absolute atomic E-state index is 0.0256. The van der Waals surface area contributed by atoms with Crippen molar-refractivity contribution in [2.75, 3.05) is 11.9 Å². The molecule has 0 aromatic heterocycles. The monoisotopic (exact) mass is 335 g/mol. The topological polar surface area (TPSA) is 70.2 Å². The van der Waals surface area contributed by atoms with E-state index in [-0.39, 0.29) is 18.0 Å². The number of nitrogens with one attached hydrogen (secondary N) is 3. The van der Waals surface area contributed by atoms with Gasteiger partial charge in [-0.3, -0.25) is 4.79 Å². The smallest absolute Gasteiger partial charge is 0.319 e. The first-order valence-electron chi connectivity index (χ1n) is 8.74. The Morgan fingerprint density at radius 1 is 1.04 bits per heavy atom. The highest BCUT2D eigenvalue weighted by Gasteiger charge is 2.20. The van der Waals surface area contributed by atoms with Crippen molar-refractivity contribution >= 4 is 17.6 Å². The first kappa shape index (κ1) is 15.7. The van der Waals surface area contributed by atoms with Crippen molar-refractivity contribution in [3.8, 4) is 11.1 Å². The molecular weight excluding hydrogens is 314 g/mol. The van der Waals surface area contributed by atoms with Gasteiger partial charge in [0.05, 0.1) is 0 Å². The van der Waals surface area contributed by atoms with E-state index in [1.54, 1.807) is 0 Å². The molecule has 2 aliphatic rings. The molecule has 5 heteroatoms. The van der Waals surface area contributed by atoms with Gasteiger partial charge in [0.15, 0.2) is 0 Å². The second-order valence-corrected chi connectivity index (χ2v) is 6.68. The van der Waals surface area contributed by atoms with Crippen molar-refractivity contribution < 1.29 is 9.59 Å². The molecule has 1 saturated heterocycles. The van der Waals surface area contributed by atoms with Crippen LogP contribution in [0.25, 0.3) is 11.1 Å². The summed E-state index contributed by atoms with van der Waals surface area (Å²) in [5.74, 6) is 0.0582. The first-order valence-corrected chi connectivity index (χ1v) is 8.74. The minimum atomic E-state index is -0.213. The fourth-order valence-corrected chi connectivity index (χ4v) is 3.64. The Hall–Kier alpha value is -2.82. The van der Waals surface area contributed by atoms with Crippen LogP contribution in [-0.2, 0) is 11.2 Å². The second kappa shape index (κ2) is 6.59. The molecule has 5 nitrogen and oxygen atoms in total. The number of carbonyl (C=O) groups excluding carboxylic acids is 2. The summed E-state index contributed by atoms with van der Waals surface area (Å²) in [5.41, 5.74) is 5.89. The van der Waals surface area contributed by atoms with Crippen molar-refractivity contribution in [3.05, 3.63) is 53.6 Å². The summed E-state index contributed by atoms with van der Waals surface area (Å²) in [7, 11) is 0. The van der Waals surface area contributed by atoms with Crippen molar-refractivity contribution in [1.82, 2.24) is 10.6 Å². The number of hydrogen-bond donors (Lipinski definition) is 3. The molecule has 2 aromatic rings. The largest absolute Gasteiger partial charge is 0.356 e. The maximum Gasteiger partial charge on any atom is 0.319 e. The highest BCUT2D eigenvalue weighted by atomic mass is 16.2. The van der Waals surface area contributed by atoms with Gasteiger partial charge in [0.2, 0.25) is 5.91 Å². The van der Waals surface area contributed by atoms with Gasteiger partial charge in [-0.05, 0) is 53.6 Å². The third kappa shape index (κ3) is 3.36. The lowest BCUT2D eigenvalue weighted by atomic mass is 10.1. The van der Waals surface area contributed by atoms with Gasteiger partial charge in [-0.1, -0.05) is 30.3 Å². The van der Waals surface area contributed by atoms with Crippen LogP contribution in [-0.4, -0.2) is 24.5 Å². The molecule has 0 spiro atoms. The van der Waals surface area contributed by atoms with Crippen LogP contribution in [0.3, 0.4) is 0 Å². The van der Waals surface area contributed by atoms with Gasteiger partial charge in [0.1, 0.15) is 0 Å². The molecule has 4 rings (SSSR count). The molecule has 1 unspecified atom stereocenters. The molecule has 25 heavy (non-hydrogen) atoms. The van der Waals surface area contributed by atoms with Crippen LogP contribution in [0.15, 0.2) is 42.5 Å². The molecule has 3 N–H and O–H groups in total. The van der Waals surface area contributed by atoms with E-state index in [0.717, 1.165) is 18.5 Å². The molecule has 0 radical (unpaired) electrons. The molecule has 1 fully saturated rings. The fraction of sp³-hybridized carbons (Fsp3) is 0.300. The Balaban J connectivity index is 1.41. The quantitative estimate of drug-likeness (QED) is 0.674. The molecular formula is C20H21N3O2. The van der Waals surface area contributed by atoms with E-state index in [1.165, 1.54) is 22.3 Å². The Kier molecular flexibility index (Phi) is 4.14. The number of fused-ring (bicyclic) bond motifs is 3. The van der Waals surface area contributed by atoms with Crippen molar-refractivity contribution in [2.45, 2.75) is 31.7 Å². The highest BCUT2D eigenvalue weighted by molar-refractivity contribution is 5.90. The second-order valence-electron chi connectivity index (χ2n) is 6.68. The molecule has 1 aliphatic carbocycles. The number of carbonyl (C=O) groups is 2. The van der Waals surface area contributed by atoms with E-state index >= 15 is 0 Å². The molecule has 1 atom stereocenters. The fourth-order valence-electron chi connectivity index (χ4n) is 3.64. The number of benzene rings is 2. The summed E-state index contributed by atoms with van der Waals surface area (Å²) >= 11 is 0. The highest BCUT2D eigenvalue weighted by Crippen LogP contribution is 2.37. The maximum absolute atomic E-state index is 12.3. The summed E-state index contributed by atoms with van der Waals surface area (Å²) < 4.78 is 0. The average Bonchev–Trinajstić information content (AvgIpc) is 2.84. The number of amides is 3. The van der Waals surface area contributed by atoms with E-state index in [9.17, 15) is 9.59 Å². The van der Waals surface area contributed by atoms with Gasteiger partial charge in [-0.25, -0.2) is 4.79 Å². The lowest BCUT2D eigenvalue weighted by Crippen LogP contribution is -2.38. The molecule has 1 heterocycles. The first-order chi connectivity index (χ1) is 12.2. The lowest BCUT2D eigenvalue weighted by molar-refractivity contribution is -0.120. The van der Waals surface area contributed by atoms with Crippen LogP contribution < -0.4 is 16.0 Å². The Labute approximate surface area is 146 Å². The van der Waals surface area contributed by atoms with Gasteiger partial charge >= 0.3 is 6.03 Å². The Morgan fingerprint density at radius 2 is 1.88 bits per heavy atom. The van der Waals surface area contributed by atoms with Gasteiger partial charge < -0.3 is 16.0 Å². The summed E-state index contributed by atoms with van der Waals surface area (Å²) in [6.07, 6.45) is 2.80. The number of rotatable bonds is 2. The predicted molar refractivity (Wildman–Crippen MR) is 97.5 cm³/mol. The zero-order valence-electron chi connectivity index (χ0n) is 14.0. The average molecular weight is 335 g/mol. The molecule has 0 bridgehead atoms. The summed E-state index contributed by atoms with van der Waals surface area (Å²) in [6.45, 7) is 0.612.